The Balaban J connectivity index is 1.76. The van der Waals surface area contributed by atoms with E-state index in [1.165, 1.54) is 0 Å². The normalized spacial score (nSPS) is 19.2. The molecule has 1 atom stereocenters. The van der Waals surface area contributed by atoms with Gasteiger partial charge in [-0.25, -0.2) is 4.98 Å². The lowest BCUT2D eigenvalue weighted by molar-refractivity contribution is 0.0607. The van der Waals surface area contributed by atoms with Crippen LogP contribution in [0.25, 0.3) is 0 Å². The summed E-state index contributed by atoms with van der Waals surface area (Å²) in [5.74, 6) is 1.32. The molecule has 2 aromatic heterocycles. The Bertz CT molecular complexity index is 867. The summed E-state index contributed by atoms with van der Waals surface area (Å²) in [5.41, 5.74) is 3.42. The maximum Gasteiger partial charge on any atom is 0.261 e. The molecule has 2 aromatic rings. The molecule has 2 aliphatic rings. The number of amides is 1. The Morgan fingerprint density at radius 3 is 2.93 bits per heavy atom. The maximum atomic E-state index is 13.3. The Kier molecular flexibility index (Phi) is 4.70. The number of aromatic nitrogens is 2. The second-order valence-corrected chi connectivity index (χ2v) is 7.37. The number of nitrogens with zero attached hydrogens (tertiary/aromatic N) is 3. The molecule has 0 aromatic carbocycles. The molecule has 0 aliphatic carbocycles. The van der Waals surface area contributed by atoms with Gasteiger partial charge in [0.15, 0.2) is 0 Å². The highest BCUT2D eigenvalue weighted by Crippen LogP contribution is 2.34. The number of rotatable bonds is 3. The van der Waals surface area contributed by atoms with Crippen molar-refractivity contribution in [2.45, 2.75) is 32.7 Å². The minimum absolute atomic E-state index is 0.0303. The van der Waals surface area contributed by atoms with Crippen molar-refractivity contribution >= 4 is 17.4 Å². The predicted octanol–water partition coefficient (Wildman–Crippen LogP) is 2.46. The standard InChI is InChI=1S/C20H25N5O2/c1-12(2)17-18(13(3)4-6-22-17)24-19-16-15(5-7-23-19)27-11-14-10-21-8-9-25(14)20(16)26/h4-7,12,14,21H,8-11H2,1-3H3,(H,23,24). The van der Waals surface area contributed by atoms with Crippen LogP contribution in [0.1, 0.15) is 41.4 Å². The minimum Gasteiger partial charge on any atom is -0.490 e. The number of hydrogen-bond acceptors (Lipinski definition) is 6. The van der Waals surface area contributed by atoms with E-state index < -0.39 is 0 Å². The maximum absolute atomic E-state index is 13.3. The zero-order chi connectivity index (χ0) is 19.0. The van der Waals surface area contributed by atoms with Crippen LogP contribution < -0.4 is 15.4 Å². The average Bonchev–Trinajstić information content (AvgIpc) is 2.81. The summed E-state index contributed by atoms with van der Waals surface area (Å²) in [6, 6.07) is 3.77. The van der Waals surface area contributed by atoms with Gasteiger partial charge in [0.2, 0.25) is 0 Å². The highest BCUT2D eigenvalue weighted by Gasteiger charge is 2.35. The molecule has 2 N–H and O–H groups in total. The molecule has 0 spiro atoms. The second kappa shape index (κ2) is 7.15. The van der Waals surface area contributed by atoms with Crippen LogP contribution in [0.3, 0.4) is 0 Å². The number of pyridine rings is 2. The van der Waals surface area contributed by atoms with E-state index in [2.05, 4.69) is 34.4 Å². The molecule has 0 saturated carbocycles. The molecule has 2 aliphatic heterocycles. The highest BCUT2D eigenvalue weighted by molar-refractivity contribution is 6.02. The van der Waals surface area contributed by atoms with Crippen LogP contribution in [-0.2, 0) is 0 Å². The quantitative estimate of drug-likeness (QED) is 0.868. The van der Waals surface area contributed by atoms with Crippen molar-refractivity contribution < 1.29 is 9.53 Å². The van der Waals surface area contributed by atoms with E-state index in [-0.39, 0.29) is 17.9 Å². The van der Waals surface area contributed by atoms with Crippen molar-refractivity contribution in [1.29, 1.82) is 0 Å². The Hall–Kier alpha value is -2.67. The number of nitrogens with one attached hydrogen (secondary N) is 2. The highest BCUT2D eigenvalue weighted by atomic mass is 16.5. The lowest BCUT2D eigenvalue weighted by Crippen LogP contribution is -2.54. The molecule has 0 radical (unpaired) electrons. The van der Waals surface area contributed by atoms with Gasteiger partial charge in [0.1, 0.15) is 23.7 Å². The van der Waals surface area contributed by atoms with Crippen LogP contribution in [0.4, 0.5) is 11.5 Å². The molecule has 1 amide bonds. The van der Waals surface area contributed by atoms with Gasteiger partial charge in [-0.2, -0.15) is 0 Å². The molecular weight excluding hydrogens is 342 g/mol. The third kappa shape index (κ3) is 3.23. The average molecular weight is 367 g/mol. The summed E-state index contributed by atoms with van der Waals surface area (Å²) < 4.78 is 5.98. The topological polar surface area (TPSA) is 79.4 Å². The van der Waals surface area contributed by atoms with E-state index in [0.29, 0.717) is 30.3 Å². The molecule has 1 fully saturated rings. The molecular formula is C20H25N5O2. The first kappa shape index (κ1) is 17.7. The summed E-state index contributed by atoms with van der Waals surface area (Å²) in [6.45, 7) is 8.93. The van der Waals surface area contributed by atoms with Gasteiger partial charge in [0.05, 0.1) is 17.4 Å². The number of carbonyl (C=O) groups excluding carboxylic acids is 1. The van der Waals surface area contributed by atoms with Gasteiger partial charge in [-0.05, 0) is 30.5 Å². The molecule has 4 heterocycles. The van der Waals surface area contributed by atoms with Gasteiger partial charge in [-0.15, -0.1) is 0 Å². The summed E-state index contributed by atoms with van der Waals surface area (Å²) >= 11 is 0. The van der Waals surface area contributed by atoms with Crippen molar-refractivity contribution in [2.24, 2.45) is 0 Å². The van der Waals surface area contributed by atoms with Gasteiger partial charge < -0.3 is 20.3 Å². The molecule has 0 bridgehead atoms. The third-order valence-electron chi connectivity index (χ3n) is 5.15. The first-order valence-electron chi connectivity index (χ1n) is 9.42. The molecule has 7 heteroatoms. The molecule has 1 saturated heterocycles. The van der Waals surface area contributed by atoms with Gasteiger partial charge in [-0.1, -0.05) is 13.8 Å². The summed E-state index contributed by atoms with van der Waals surface area (Å²) in [7, 11) is 0. The number of ether oxygens (including phenoxy) is 1. The first-order valence-corrected chi connectivity index (χ1v) is 9.42. The van der Waals surface area contributed by atoms with Crippen molar-refractivity contribution in [1.82, 2.24) is 20.2 Å². The lowest BCUT2D eigenvalue weighted by Gasteiger charge is -2.34. The Labute approximate surface area is 159 Å². The Morgan fingerprint density at radius 2 is 2.11 bits per heavy atom. The fraction of sp³-hybridized carbons (Fsp3) is 0.450. The van der Waals surface area contributed by atoms with Gasteiger partial charge >= 0.3 is 0 Å². The Morgan fingerprint density at radius 1 is 1.30 bits per heavy atom. The number of fused-ring (bicyclic) bond motifs is 2. The van der Waals surface area contributed by atoms with Crippen LogP contribution in [0.2, 0.25) is 0 Å². The monoisotopic (exact) mass is 367 g/mol. The molecule has 1 unspecified atom stereocenters. The van der Waals surface area contributed by atoms with E-state index in [0.717, 1.165) is 30.0 Å². The number of anilines is 2. The largest absolute Gasteiger partial charge is 0.490 e. The van der Waals surface area contributed by atoms with Crippen molar-refractivity contribution in [3.05, 3.63) is 41.3 Å². The summed E-state index contributed by atoms with van der Waals surface area (Å²) in [6.07, 6.45) is 3.49. The summed E-state index contributed by atoms with van der Waals surface area (Å²) in [5, 5.41) is 6.71. The molecule has 27 heavy (non-hydrogen) atoms. The van der Waals surface area contributed by atoms with Crippen LogP contribution in [0.5, 0.6) is 5.75 Å². The molecule has 7 nitrogen and oxygen atoms in total. The second-order valence-electron chi connectivity index (χ2n) is 7.37. The van der Waals surface area contributed by atoms with E-state index in [4.69, 9.17) is 4.74 Å². The van der Waals surface area contributed by atoms with Crippen molar-refractivity contribution in [3.63, 3.8) is 0 Å². The number of aryl methyl sites for hydroxylation is 1. The third-order valence-corrected chi connectivity index (χ3v) is 5.15. The minimum atomic E-state index is -0.0303. The van der Waals surface area contributed by atoms with Crippen LogP contribution in [0, 0.1) is 6.92 Å². The van der Waals surface area contributed by atoms with E-state index in [9.17, 15) is 4.79 Å². The molecule has 142 valence electrons. The zero-order valence-corrected chi connectivity index (χ0v) is 16.0. The fourth-order valence-corrected chi connectivity index (χ4v) is 3.67. The van der Waals surface area contributed by atoms with Gasteiger partial charge in [0.25, 0.3) is 5.91 Å². The molecule has 4 rings (SSSR count). The SMILES string of the molecule is Cc1ccnc(C(C)C)c1Nc1nccc2c1C(=O)N1CCNCC1CO2. The smallest absolute Gasteiger partial charge is 0.261 e. The van der Waals surface area contributed by atoms with Gasteiger partial charge in [-0.3, -0.25) is 9.78 Å². The fourth-order valence-electron chi connectivity index (χ4n) is 3.67. The van der Waals surface area contributed by atoms with E-state index in [1.54, 1.807) is 12.3 Å². The number of piperazine rings is 1. The van der Waals surface area contributed by atoms with Crippen LogP contribution in [0.15, 0.2) is 24.5 Å². The first-order chi connectivity index (χ1) is 13.1. The number of hydrogen-bond donors (Lipinski definition) is 2. The zero-order valence-electron chi connectivity index (χ0n) is 16.0. The predicted molar refractivity (Wildman–Crippen MR) is 104 cm³/mol. The van der Waals surface area contributed by atoms with E-state index in [1.807, 2.05) is 24.1 Å². The summed E-state index contributed by atoms with van der Waals surface area (Å²) in [4.78, 5) is 24.2. The van der Waals surface area contributed by atoms with Crippen molar-refractivity contribution in [3.8, 4) is 5.75 Å². The van der Waals surface area contributed by atoms with E-state index >= 15 is 0 Å². The number of carbonyl (C=O) groups is 1. The van der Waals surface area contributed by atoms with Crippen LogP contribution in [-0.4, -0.2) is 53.1 Å². The van der Waals surface area contributed by atoms with Crippen molar-refractivity contribution in [2.75, 3.05) is 31.6 Å². The lowest BCUT2D eigenvalue weighted by atomic mass is 10.0. The van der Waals surface area contributed by atoms with Gasteiger partial charge in [0, 0.05) is 32.0 Å². The van der Waals surface area contributed by atoms with Crippen LogP contribution >= 0.6 is 0 Å².